The number of carbonyl (C=O) groups is 1. The van der Waals surface area contributed by atoms with Crippen LogP contribution in [0.3, 0.4) is 0 Å². The third kappa shape index (κ3) is 3.31. The zero-order valence-corrected chi connectivity index (χ0v) is 13.0. The second-order valence-corrected chi connectivity index (χ2v) is 5.98. The van der Waals surface area contributed by atoms with Gasteiger partial charge in [0.15, 0.2) is 0 Å². The van der Waals surface area contributed by atoms with Gasteiger partial charge in [-0.25, -0.2) is 0 Å². The zero-order chi connectivity index (χ0) is 15.5. The third-order valence-corrected chi connectivity index (χ3v) is 4.27. The second kappa shape index (κ2) is 6.50. The average Bonchev–Trinajstić information content (AvgIpc) is 2.89. The average molecular weight is 301 g/mol. The molecule has 1 atom stereocenters. The van der Waals surface area contributed by atoms with Gasteiger partial charge < -0.3 is 15.0 Å². The van der Waals surface area contributed by atoms with Crippen LogP contribution >= 0.6 is 0 Å². The summed E-state index contributed by atoms with van der Waals surface area (Å²) < 4.78 is 0. The zero-order valence-electron chi connectivity index (χ0n) is 13.0. The van der Waals surface area contributed by atoms with Crippen LogP contribution in [0.4, 0.5) is 0 Å². The number of carbonyl (C=O) groups excluding carboxylic acids is 1. The van der Waals surface area contributed by atoms with E-state index in [1.165, 1.54) is 10.9 Å². The molecule has 1 unspecified atom stereocenters. The highest BCUT2D eigenvalue weighted by atomic mass is 16.3. The highest BCUT2D eigenvalue weighted by Crippen LogP contribution is 2.16. The Bertz CT molecular complexity index is 652. The lowest BCUT2D eigenvalue weighted by Gasteiger charge is -2.21. The molecule has 2 heterocycles. The van der Waals surface area contributed by atoms with E-state index in [1.54, 1.807) is 4.90 Å². The van der Waals surface area contributed by atoms with Gasteiger partial charge in [-0.05, 0) is 29.1 Å². The van der Waals surface area contributed by atoms with E-state index in [9.17, 15) is 9.90 Å². The first kappa shape index (κ1) is 15.1. The molecule has 3 rings (SSSR count). The summed E-state index contributed by atoms with van der Waals surface area (Å²) >= 11 is 0. The summed E-state index contributed by atoms with van der Waals surface area (Å²) in [5.41, 5.74) is 2.37. The minimum Gasteiger partial charge on any atom is -0.390 e. The molecule has 0 bridgehead atoms. The maximum Gasteiger partial charge on any atom is 0.222 e. The lowest BCUT2D eigenvalue weighted by molar-refractivity contribution is -0.131. The number of β-amino-alcohol motifs (C(OH)–C–C–N with tert-alkyl or cyclic N) is 1. The van der Waals surface area contributed by atoms with E-state index in [4.69, 9.17) is 0 Å². The van der Waals surface area contributed by atoms with E-state index in [0.29, 0.717) is 26.1 Å². The Labute approximate surface area is 130 Å². The van der Waals surface area contributed by atoms with Crippen molar-refractivity contribution in [1.82, 2.24) is 14.8 Å². The van der Waals surface area contributed by atoms with Crippen molar-refractivity contribution < 1.29 is 9.90 Å². The van der Waals surface area contributed by atoms with Crippen LogP contribution in [0.5, 0.6) is 0 Å². The standard InChI is InChI=1S/C17H23N3O2/c1-2-17(22)20-8-7-19(11-15(21)12-20)10-13-3-4-16-14(9-13)5-6-18-16/h3-6,9,15,18,21H,2,7-8,10-12H2,1H3. The van der Waals surface area contributed by atoms with Gasteiger partial charge in [0.05, 0.1) is 6.10 Å². The monoisotopic (exact) mass is 301 g/mol. The summed E-state index contributed by atoms with van der Waals surface area (Å²) in [5.74, 6) is 0.120. The number of hydrogen-bond donors (Lipinski definition) is 2. The van der Waals surface area contributed by atoms with Gasteiger partial charge >= 0.3 is 0 Å². The van der Waals surface area contributed by atoms with Crippen LogP contribution in [0, 0.1) is 0 Å². The fourth-order valence-corrected chi connectivity index (χ4v) is 3.11. The van der Waals surface area contributed by atoms with Gasteiger partial charge in [-0.15, -0.1) is 0 Å². The Morgan fingerprint density at radius 3 is 3.00 bits per heavy atom. The number of amides is 1. The number of aromatic nitrogens is 1. The summed E-state index contributed by atoms with van der Waals surface area (Å²) in [6, 6.07) is 8.45. The van der Waals surface area contributed by atoms with Crippen molar-refractivity contribution in [3.63, 3.8) is 0 Å². The molecule has 1 fully saturated rings. The Hall–Kier alpha value is -1.85. The fraction of sp³-hybridized carbons (Fsp3) is 0.471. The lowest BCUT2D eigenvalue weighted by Crippen LogP contribution is -2.37. The van der Waals surface area contributed by atoms with Crippen molar-refractivity contribution in [3.8, 4) is 0 Å². The fourth-order valence-electron chi connectivity index (χ4n) is 3.11. The molecule has 0 saturated carbocycles. The SMILES string of the molecule is CCC(=O)N1CCN(Cc2ccc3[nH]ccc3c2)CC(O)C1. The molecule has 118 valence electrons. The molecule has 0 spiro atoms. The molecule has 5 nitrogen and oxygen atoms in total. The predicted molar refractivity (Wildman–Crippen MR) is 86.5 cm³/mol. The minimum atomic E-state index is -0.478. The van der Waals surface area contributed by atoms with E-state index >= 15 is 0 Å². The number of aromatic amines is 1. The highest BCUT2D eigenvalue weighted by Gasteiger charge is 2.23. The minimum absolute atomic E-state index is 0.120. The molecular formula is C17H23N3O2. The van der Waals surface area contributed by atoms with E-state index in [-0.39, 0.29) is 5.91 Å². The van der Waals surface area contributed by atoms with E-state index in [1.807, 2.05) is 13.1 Å². The Morgan fingerprint density at radius 1 is 1.32 bits per heavy atom. The third-order valence-electron chi connectivity index (χ3n) is 4.27. The van der Waals surface area contributed by atoms with Crippen LogP contribution in [0.25, 0.3) is 10.9 Å². The molecule has 22 heavy (non-hydrogen) atoms. The molecule has 1 aliphatic rings. The molecule has 0 aliphatic carbocycles. The second-order valence-electron chi connectivity index (χ2n) is 5.98. The van der Waals surface area contributed by atoms with E-state index in [2.05, 4.69) is 34.1 Å². The van der Waals surface area contributed by atoms with Gasteiger partial charge in [-0.3, -0.25) is 9.69 Å². The number of nitrogens with zero attached hydrogens (tertiary/aromatic N) is 2. The maximum atomic E-state index is 11.8. The summed E-state index contributed by atoms with van der Waals surface area (Å²) in [5, 5.41) is 11.4. The van der Waals surface area contributed by atoms with Crippen LogP contribution in [-0.2, 0) is 11.3 Å². The van der Waals surface area contributed by atoms with Gasteiger partial charge in [-0.1, -0.05) is 13.0 Å². The van der Waals surface area contributed by atoms with Crippen LogP contribution in [0.2, 0.25) is 0 Å². The summed E-state index contributed by atoms with van der Waals surface area (Å²) in [4.78, 5) is 19.0. The van der Waals surface area contributed by atoms with E-state index < -0.39 is 6.10 Å². The molecule has 1 aliphatic heterocycles. The van der Waals surface area contributed by atoms with Crippen LogP contribution in [-0.4, -0.2) is 58.1 Å². The largest absolute Gasteiger partial charge is 0.390 e. The number of fused-ring (bicyclic) bond motifs is 1. The van der Waals surface area contributed by atoms with Crippen molar-refractivity contribution in [1.29, 1.82) is 0 Å². The highest BCUT2D eigenvalue weighted by molar-refractivity contribution is 5.79. The number of benzene rings is 1. The van der Waals surface area contributed by atoms with Crippen molar-refractivity contribution in [2.24, 2.45) is 0 Å². The van der Waals surface area contributed by atoms with E-state index in [0.717, 1.165) is 18.6 Å². The molecule has 0 radical (unpaired) electrons. The van der Waals surface area contributed by atoms with Gasteiger partial charge in [0.2, 0.25) is 5.91 Å². The Balaban J connectivity index is 1.68. The normalized spacial score (nSPS) is 20.3. The summed E-state index contributed by atoms with van der Waals surface area (Å²) in [6.07, 6.45) is 1.96. The number of aliphatic hydroxyl groups is 1. The first-order valence-corrected chi connectivity index (χ1v) is 7.90. The van der Waals surface area contributed by atoms with Gasteiger partial charge in [0, 0.05) is 50.9 Å². The van der Waals surface area contributed by atoms with Crippen LogP contribution in [0.1, 0.15) is 18.9 Å². The van der Waals surface area contributed by atoms with Crippen LogP contribution < -0.4 is 0 Å². The Kier molecular flexibility index (Phi) is 4.45. The summed E-state index contributed by atoms with van der Waals surface area (Å²) in [7, 11) is 0. The molecule has 1 amide bonds. The lowest BCUT2D eigenvalue weighted by atomic mass is 10.1. The topological polar surface area (TPSA) is 59.6 Å². The van der Waals surface area contributed by atoms with Crippen molar-refractivity contribution in [3.05, 3.63) is 36.0 Å². The number of nitrogens with one attached hydrogen (secondary N) is 1. The summed E-state index contributed by atoms with van der Waals surface area (Å²) in [6.45, 7) is 5.21. The number of aliphatic hydroxyl groups excluding tert-OH is 1. The first-order chi connectivity index (χ1) is 10.7. The van der Waals surface area contributed by atoms with Gasteiger partial charge in [0.1, 0.15) is 0 Å². The number of H-pyrrole nitrogens is 1. The molecule has 1 saturated heterocycles. The quantitative estimate of drug-likeness (QED) is 0.905. The number of rotatable bonds is 3. The number of hydrogen-bond acceptors (Lipinski definition) is 3. The van der Waals surface area contributed by atoms with Crippen molar-refractivity contribution >= 4 is 16.8 Å². The van der Waals surface area contributed by atoms with Crippen LogP contribution in [0.15, 0.2) is 30.5 Å². The first-order valence-electron chi connectivity index (χ1n) is 7.90. The molecule has 5 heteroatoms. The molecule has 1 aromatic carbocycles. The van der Waals surface area contributed by atoms with Gasteiger partial charge in [0.25, 0.3) is 0 Å². The van der Waals surface area contributed by atoms with Crippen molar-refractivity contribution in [2.75, 3.05) is 26.2 Å². The smallest absolute Gasteiger partial charge is 0.222 e. The molecular weight excluding hydrogens is 278 g/mol. The maximum absolute atomic E-state index is 11.8. The Morgan fingerprint density at radius 2 is 2.18 bits per heavy atom. The molecule has 1 aromatic heterocycles. The molecule has 2 aromatic rings. The molecule has 2 N–H and O–H groups in total. The predicted octanol–water partition coefficient (Wildman–Crippen LogP) is 1.58. The van der Waals surface area contributed by atoms with Crippen molar-refractivity contribution in [2.45, 2.75) is 26.0 Å². The van der Waals surface area contributed by atoms with Gasteiger partial charge in [-0.2, -0.15) is 0 Å².